The largest absolute Gasteiger partial charge is 0.368 e. The van der Waals surface area contributed by atoms with Crippen LogP contribution in [0.3, 0.4) is 0 Å². The highest BCUT2D eigenvalue weighted by molar-refractivity contribution is 5.99. The summed E-state index contributed by atoms with van der Waals surface area (Å²) in [6, 6.07) is 0. The molecule has 86 valence electrons. The molecular weight excluding hydrogens is 208 g/mol. The normalized spacial score (nSPS) is 16.9. The maximum absolute atomic E-state index is 11.9. The van der Waals surface area contributed by atoms with Crippen molar-refractivity contribution in [3.05, 3.63) is 17.7 Å². The highest BCUT2D eigenvalue weighted by Crippen LogP contribution is 2.35. The fourth-order valence-corrected chi connectivity index (χ4v) is 1.55. The van der Waals surface area contributed by atoms with E-state index in [2.05, 4.69) is 10.3 Å². The minimum atomic E-state index is -0.824. The van der Waals surface area contributed by atoms with Crippen molar-refractivity contribution in [2.24, 2.45) is 12.8 Å². The fraction of sp³-hybridized carbons (Fsp3) is 0.500. The maximum Gasteiger partial charge on any atom is 0.270 e. The minimum absolute atomic E-state index is 0.306. The van der Waals surface area contributed by atoms with E-state index in [1.807, 2.05) is 0 Å². The van der Waals surface area contributed by atoms with Crippen molar-refractivity contribution < 1.29 is 9.59 Å². The van der Waals surface area contributed by atoms with Crippen LogP contribution in [0.25, 0.3) is 0 Å². The molecule has 6 heteroatoms. The summed E-state index contributed by atoms with van der Waals surface area (Å²) < 4.78 is 1.67. The Morgan fingerprint density at radius 2 is 2.19 bits per heavy atom. The molecular formula is C10H14N4O2. The first kappa shape index (κ1) is 10.7. The van der Waals surface area contributed by atoms with Crippen LogP contribution in [0.1, 0.15) is 29.2 Å². The Balaban J connectivity index is 2.15. The predicted octanol–water partition coefficient (Wildman–Crippen LogP) is -0.524. The van der Waals surface area contributed by atoms with E-state index < -0.39 is 11.4 Å². The zero-order valence-electron chi connectivity index (χ0n) is 9.28. The summed E-state index contributed by atoms with van der Waals surface area (Å²) in [4.78, 5) is 27.0. The lowest BCUT2D eigenvalue weighted by Crippen LogP contribution is -2.47. The predicted molar refractivity (Wildman–Crippen MR) is 56.6 cm³/mol. The van der Waals surface area contributed by atoms with Gasteiger partial charge in [0.1, 0.15) is 17.1 Å². The summed E-state index contributed by atoms with van der Waals surface area (Å²) in [6.07, 6.45) is 2.72. The van der Waals surface area contributed by atoms with Crippen LogP contribution in [0, 0.1) is 6.92 Å². The Hall–Kier alpha value is -1.85. The van der Waals surface area contributed by atoms with Crippen LogP contribution in [-0.2, 0) is 11.8 Å². The lowest BCUT2D eigenvalue weighted by molar-refractivity contribution is -0.120. The highest BCUT2D eigenvalue weighted by Gasteiger charge is 2.50. The first-order valence-corrected chi connectivity index (χ1v) is 5.07. The molecule has 2 rings (SSSR count). The van der Waals surface area contributed by atoms with E-state index in [1.54, 1.807) is 18.5 Å². The molecule has 16 heavy (non-hydrogen) atoms. The average molecular weight is 222 g/mol. The third kappa shape index (κ3) is 1.56. The highest BCUT2D eigenvalue weighted by atomic mass is 16.2. The van der Waals surface area contributed by atoms with Crippen molar-refractivity contribution in [1.29, 1.82) is 0 Å². The molecule has 1 aromatic heterocycles. The molecule has 1 heterocycles. The van der Waals surface area contributed by atoms with Gasteiger partial charge in [0.2, 0.25) is 5.91 Å². The average Bonchev–Trinajstić information content (AvgIpc) is 2.91. The monoisotopic (exact) mass is 222 g/mol. The number of hydrogen-bond donors (Lipinski definition) is 2. The smallest absolute Gasteiger partial charge is 0.270 e. The summed E-state index contributed by atoms with van der Waals surface area (Å²) in [5.41, 5.74) is 4.84. The van der Waals surface area contributed by atoms with Gasteiger partial charge >= 0.3 is 0 Å². The van der Waals surface area contributed by atoms with Gasteiger partial charge in [0, 0.05) is 7.05 Å². The van der Waals surface area contributed by atoms with Crippen molar-refractivity contribution in [2.45, 2.75) is 25.3 Å². The fourth-order valence-electron chi connectivity index (χ4n) is 1.55. The van der Waals surface area contributed by atoms with Crippen LogP contribution in [-0.4, -0.2) is 26.9 Å². The number of nitrogens with one attached hydrogen (secondary N) is 1. The Bertz CT molecular complexity index is 459. The van der Waals surface area contributed by atoms with Gasteiger partial charge in [0.25, 0.3) is 5.91 Å². The Morgan fingerprint density at radius 3 is 2.56 bits per heavy atom. The third-order valence-corrected chi connectivity index (χ3v) is 3.03. The quantitative estimate of drug-likeness (QED) is 0.720. The van der Waals surface area contributed by atoms with Crippen LogP contribution in [0.2, 0.25) is 0 Å². The van der Waals surface area contributed by atoms with Gasteiger partial charge in [-0.3, -0.25) is 9.59 Å². The van der Waals surface area contributed by atoms with Gasteiger partial charge in [-0.15, -0.1) is 0 Å². The van der Waals surface area contributed by atoms with Crippen LogP contribution in [0.15, 0.2) is 6.20 Å². The molecule has 1 aromatic rings. The summed E-state index contributed by atoms with van der Waals surface area (Å²) in [5, 5.41) is 2.66. The van der Waals surface area contributed by atoms with Gasteiger partial charge < -0.3 is 15.6 Å². The maximum atomic E-state index is 11.9. The van der Waals surface area contributed by atoms with Gasteiger partial charge in [0.05, 0.1) is 6.20 Å². The van der Waals surface area contributed by atoms with Crippen molar-refractivity contribution in [3.63, 3.8) is 0 Å². The van der Waals surface area contributed by atoms with Crippen LogP contribution >= 0.6 is 0 Å². The molecule has 6 nitrogen and oxygen atoms in total. The minimum Gasteiger partial charge on any atom is -0.368 e. The Morgan fingerprint density at radius 1 is 1.56 bits per heavy atom. The summed E-state index contributed by atoms with van der Waals surface area (Å²) >= 11 is 0. The van der Waals surface area contributed by atoms with E-state index in [4.69, 9.17) is 5.73 Å². The van der Waals surface area contributed by atoms with Crippen molar-refractivity contribution >= 4 is 11.8 Å². The number of aryl methyl sites for hydroxylation is 1. The van der Waals surface area contributed by atoms with Gasteiger partial charge in [0.15, 0.2) is 0 Å². The molecule has 3 N–H and O–H groups in total. The van der Waals surface area contributed by atoms with Gasteiger partial charge in [-0.2, -0.15) is 0 Å². The van der Waals surface area contributed by atoms with Gasteiger partial charge in [-0.05, 0) is 19.8 Å². The standard InChI is InChI=1S/C10H14N4O2/c1-6-12-5-7(14(6)2)8(15)13-10(3-4-10)9(11)16/h5H,3-4H2,1-2H3,(H2,11,16)(H,13,15). The second-order valence-corrected chi connectivity index (χ2v) is 4.15. The van der Waals surface area contributed by atoms with E-state index in [9.17, 15) is 9.59 Å². The zero-order valence-corrected chi connectivity index (χ0v) is 9.28. The number of imidazole rings is 1. The SMILES string of the molecule is Cc1ncc(C(=O)NC2(C(N)=O)CC2)n1C. The second-order valence-electron chi connectivity index (χ2n) is 4.15. The Kier molecular flexibility index (Phi) is 2.22. The molecule has 0 aliphatic heterocycles. The van der Waals surface area contributed by atoms with Crippen molar-refractivity contribution in [3.8, 4) is 0 Å². The molecule has 0 bridgehead atoms. The number of aromatic nitrogens is 2. The van der Waals surface area contributed by atoms with Gasteiger partial charge in [-0.1, -0.05) is 0 Å². The number of nitrogens with zero attached hydrogens (tertiary/aromatic N) is 2. The first-order chi connectivity index (χ1) is 7.46. The molecule has 1 saturated carbocycles. The molecule has 2 amide bonds. The molecule has 0 aromatic carbocycles. The topological polar surface area (TPSA) is 90.0 Å². The van der Waals surface area contributed by atoms with Crippen molar-refractivity contribution in [1.82, 2.24) is 14.9 Å². The first-order valence-electron chi connectivity index (χ1n) is 5.07. The number of amides is 2. The molecule has 1 aliphatic rings. The Labute approximate surface area is 92.8 Å². The number of hydrogen-bond acceptors (Lipinski definition) is 3. The summed E-state index contributed by atoms with van der Waals surface area (Å²) in [7, 11) is 1.75. The zero-order chi connectivity index (χ0) is 11.9. The number of nitrogens with two attached hydrogens (primary N) is 1. The molecule has 1 fully saturated rings. The summed E-state index contributed by atoms with van der Waals surface area (Å²) in [6.45, 7) is 1.80. The number of carbonyl (C=O) groups excluding carboxylic acids is 2. The van der Waals surface area contributed by atoms with Crippen LogP contribution in [0.5, 0.6) is 0 Å². The molecule has 1 aliphatic carbocycles. The molecule has 0 unspecified atom stereocenters. The molecule has 0 atom stereocenters. The molecule has 0 spiro atoms. The van der Waals surface area contributed by atoms with Crippen LogP contribution in [0.4, 0.5) is 0 Å². The van der Waals surface area contributed by atoms with E-state index >= 15 is 0 Å². The van der Waals surface area contributed by atoms with E-state index in [-0.39, 0.29) is 5.91 Å². The third-order valence-electron chi connectivity index (χ3n) is 3.03. The lowest BCUT2D eigenvalue weighted by atomic mass is 10.2. The molecule has 0 saturated heterocycles. The second kappa shape index (κ2) is 3.33. The summed E-state index contributed by atoms with van der Waals surface area (Å²) in [5.74, 6) is -0.0341. The van der Waals surface area contributed by atoms with Crippen molar-refractivity contribution in [2.75, 3.05) is 0 Å². The van der Waals surface area contributed by atoms with E-state index in [0.717, 1.165) is 5.82 Å². The van der Waals surface area contributed by atoms with Crippen LogP contribution < -0.4 is 11.1 Å². The number of carbonyl (C=O) groups is 2. The number of rotatable bonds is 3. The lowest BCUT2D eigenvalue weighted by Gasteiger charge is -2.13. The van der Waals surface area contributed by atoms with Gasteiger partial charge in [-0.25, -0.2) is 4.98 Å². The molecule has 0 radical (unpaired) electrons. The van der Waals surface area contributed by atoms with E-state index in [0.29, 0.717) is 18.5 Å². The number of primary amides is 1. The van der Waals surface area contributed by atoms with E-state index in [1.165, 1.54) is 6.20 Å².